The zero-order valence-corrected chi connectivity index (χ0v) is 8.06. The standard InChI is InChI=1S/C9H13O2P/c1-2-3-10-9-6-4-7(6)11-8(9)5-12/h1,6-9H,3-5,12H2. The molecule has 0 aromatic rings. The first-order chi connectivity index (χ1) is 5.86. The second-order valence-corrected chi connectivity index (χ2v) is 3.80. The van der Waals surface area contributed by atoms with E-state index in [1.165, 1.54) is 0 Å². The first-order valence-corrected chi connectivity index (χ1v) is 5.09. The first-order valence-electron chi connectivity index (χ1n) is 4.27. The molecule has 2 rings (SSSR count). The lowest BCUT2D eigenvalue weighted by Crippen LogP contribution is -2.29. The van der Waals surface area contributed by atoms with E-state index in [0.29, 0.717) is 18.6 Å². The van der Waals surface area contributed by atoms with Gasteiger partial charge in [-0.2, -0.15) is 0 Å². The third kappa shape index (κ3) is 1.38. The van der Waals surface area contributed by atoms with Crippen molar-refractivity contribution in [3.63, 3.8) is 0 Å². The maximum atomic E-state index is 5.68. The molecule has 0 bridgehead atoms. The molecule has 2 aliphatic rings. The highest BCUT2D eigenvalue weighted by Crippen LogP contribution is 2.47. The number of ether oxygens (including phenoxy) is 2. The SMILES string of the molecule is C#CCOC1C(CP)OC2CC21. The van der Waals surface area contributed by atoms with Gasteiger partial charge in [-0.15, -0.1) is 15.7 Å². The maximum absolute atomic E-state index is 5.68. The van der Waals surface area contributed by atoms with Crippen molar-refractivity contribution in [1.82, 2.24) is 0 Å². The molecule has 2 nitrogen and oxygen atoms in total. The predicted molar refractivity (Wildman–Crippen MR) is 49.9 cm³/mol. The Morgan fingerprint density at radius 3 is 3.17 bits per heavy atom. The van der Waals surface area contributed by atoms with Gasteiger partial charge in [-0.3, -0.25) is 0 Å². The van der Waals surface area contributed by atoms with Crippen molar-refractivity contribution in [2.45, 2.75) is 24.7 Å². The van der Waals surface area contributed by atoms with Crippen LogP contribution in [-0.2, 0) is 9.47 Å². The van der Waals surface area contributed by atoms with Crippen LogP contribution in [0.15, 0.2) is 0 Å². The van der Waals surface area contributed by atoms with E-state index in [2.05, 4.69) is 15.2 Å². The number of hydrogen-bond acceptors (Lipinski definition) is 2. The minimum atomic E-state index is 0.253. The van der Waals surface area contributed by atoms with Crippen LogP contribution in [0.5, 0.6) is 0 Å². The van der Waals surface area contributed by atoms with E-state index in [1.807, 2.05) is 0 Å². The summed E-state index contributed by atoms with van der Waals surface area (Å²) in [5, 5.41) is 0. The number of terminal acetylenes is 1. The molecule has 3 heteroatoms. The van der Waals surface area contributed by atoms with Crippen LogP contribution in [0.3, 0.4) is 0 Å². The third-order valence-corrected chi connectivity index (χ3v) is 2.97. The molecule has 1 saturated carbocycles. The van der Waals surface area contributed by atoms with Crippen molar-refractivity contribution in [3.05, 3.63) is 0 Å². The summed E-state index contributed by atoms with van der Waals surface area (Å²) in [4.78, 5) is 0. The van der Waals surface area contributed by atoms with Gasteiger partial charge in [-0.05, 0) is 12.6 Å². The zero-order chi connectivity index (χ0) is 8.55. The summed E-state index contributed by atoms with van der Waals surface area (Å²) in [6, 6.07) is 0. The Hall–Kier alpha value is -0.0900. The van der Waals surface area contributed by atoms with Crippen molar-refractivity contribution in [2.75, 3.05) is 12.8 Å². The zero-order valence-electron chi connectivity index (χ0n) is 6.90. The van der Waals surface area contributed by atoms with Crippen molar-refractivity contribution >= 4 is 9.24 Å². The lowest BCUT2D eigenvalue weighted by atomic mass is 10.1. The number of hydrogen-bond donors (Lipinski definition) is 0. The van der Waals surface area contributed by atoms with Crippen molar-refractivity contribution < 1.29 is 9.47 Å². The molecule has 0 amide bonds. The molecule has 0 spiro atoms. The minimum Gasteiger partial charge on any atom is -0.372 e. The molecule has 1 aliphatic carbocycles. The predicted octanol–water partition coefficient (Wildman–Crippen LogP) is 0.667. The summed E-state index contributed by atoms with van der Waals surface area (Å²) >= 11 is 0. The minimum absolute atomic E-state index is 0.253. The number of rotatable bonds is 3. The molecule has 0 radical (unpaired) electrons. The largest absolute Gasteiger partial charge is 0.372 e. The highest BCUT2D eigenvalue weighted by atomic mass is 31.0. The van der Waals surface area contributed by atoms with Crippen molar-refractivity contribution in [3.8, 4) is 12.3 Å². The Morgan fingerprint density at radius 1 is 1.67 bits per heavy atom. The van der Waals surface area contributed by atoms with Crippen LogP contribution in [0.4, 0.5) is 0 Å². The third-order valence-electron chi connectivity index (χ3n) is 2.51. The Bertz CT molecular complexity index is 211. The van der Waals surface area contributed by atoms with Crippen LogP contribution < -0.4 is 0 Å². The molecule has 1 heterocycles. The molecule has 1 aliphatic heterocycles. The summed E-state index contributed by atoms with van der Waals surface area (Å²) in [5.74, 6) is 3.12. The summed E-state index contributed by atoms with van der Waals surface area (Å²) in [5.41, 5.74) is 0. The summed E-state index contributed by atoms with van der Waals surface area (Å²) in [6.07, 6.45) is 8.22. The topological polar surface area (TPSA) is 18.5 Å². The average molecular weight is 184 g/mol. The van der Waals surface area contributed by atoms with Gasteiger partial charge in [0.25, 0.3) is 0 Å². The van der Waals surface area contributed by atoms with E-state index in [-0.39, 0.29) is 12.2 Å². The van der Waals surface area contributed by atoms with Gasteiger partial charge in [0, 0.05) is 5.92 Å². The van der Waals surface area contributed by atoms with Gasteiger partial charge in [-0.25, -0.2) is 0 Å². The lowest BCUT2D eigenvalue weighted by molar-refractivity contribution is -0.0160. The van der Waals surface area contributed by atoms with E-state index >= 15 is 0 Å². The molecule has 0 aromatic heterocycles. The summed E-state index contributed by atoms with van der Waals surface area (Å²) < 4.78 is 11.2. The van der Waals surface area contributed by atoms with Gasteiger partial charge in [0.2, 0.25) is 0 Å². The second kappa shape index (κ2) is 3.34. The lowest BCUT2D eigenvalue weighted by Gasteiger charge is -2.19. The molecule has 5 unspecified atom stereocenters. The Kier molecular flexibility index (Phi) is 2.37. The van der Waals surface area contributed by atoms with Crippen LogP contribution in [0.1, 0.15) is 6.42 Å². The summed E-state index contributed by atoms with van der Waals surface area (Å²) in [7, 11) is 2.69. The molecular weight excluding hydrogens is 171 g/mol. The van der Waals surface area contributed by atoms with Gasteiger partial charge in [-0.1, -0.05) is 5.92 Å². The van der Waals surface area contributed by atoms with Crippen molar-refractivity contribution in [2.24, 2.45) is 5.92 Å². The van der Waals surface area contributed by atoms with Crippen LogP contribution in [0.2, 0.25) is 0 Å². The smallest absolute Gasteiger partial charge is 0.107 e. The Morgan fingerprint density at radius 2 is 2.50 bits per heavy atom. The van der Waals surface area contributed by atoms with E-state index in [9.17, 15) is 0 Å². The highest BCUT2D eigenvalue weighted by molar-refractivity contribution is 7.16. The highest BCUT2D eigenvalue weighted by Gasteiger charge is 2.55. The fraction of sp³-hybridized carbons (Fsp3) is 0.778. The molecular formula is C9H13O2P. The molecule has 5 atom stereocenters. The quantitative estimate of drug-likeness (QED) is 0.474. The van der Waals surface area contributed by atoms with Crippen LogP contribution in [0.25, 0.3) is 0 Å². The van der Waals surface area contributed by atoms with E-state index < -0.39 is 0 Å². The molecule has 1 saturated heterocycles. The normalized spacial score (nSPS) is 43.7. The van der Waals surface area contributed by atoms with E-state index in [4.69, 9.17) is 15.9 Å². The summed E-state index contributed by atoms with van der Waals surface area (Å²) in [6.45, 7) is 0.415. The van der Waals surface area contributed by atoms with Crippen LogP contribution in [0, 0.1) is 18.3 Å². The molecule has 2 fully saturated rings. The van der Waals surface area contributed by atoms with Crippen LogP contribution in [-0.4, -0.2) is 31.1 Å². The molecule has 0 aromatic carbocycles. The van der Waals surface area contributed by atoms with E-state index in [0.717, 1.165) is 12.6 Å². The van der Waals surface area contributed by atoms with Gasteiger partial charge in [0.05, 0.1) is 18.3 Å². The fourth-order valence-corrected chi connectivity index (χ4v) is 2.21. The monoisotopic (exact) mass is 184 g/mol. The maximum Gasteiger partial charge on any atom is 0.107 e. The first kappa shape index (κ1) is 8.51. The van der Waals surface area contributed by atoms with Crippen molar-refractivity contribution in [1.29, 1.82) is 0 Å². The van der Waals surface area contributed by atoms with Gasteiger partial charge in [0.15, 0.2) is 0 Å². The number of fused-ring (bicyclic) bond motifs is 1. The van der Waals surface area contributed by atoms with E-state index in [1.54, 1.807) is 0 Å². The average Bonchev–Trinajstić information content (AvgIpc) is 2.77. The van der Waals surface area contributed by atoms with Gasteiger partial charge >= 0.3 is 0 Å². The second-order valence-electron chi connectivity index (χ2n) is 3.33. The van der Waals surface area contributed by atoms with Gasteiger partial charge < -0.3 is 9.47 Å². The fourth-order valence-electron chi connectivity index (χ4n) is 1.83. The molecule has 66 valence electrons. The Labute approximate surface area is 75.2 Å². The van der Waals surface area contributed by atoms with Crippen LogP contribution >= 0.6 is 9.24 Å². The molecule has 0 N–H and O–H groups in total. The Balaban J connectivity index is 1.89. The molecule has 12 heavy (non-hydrogen) atoms. The van der Waals surface area contributed by atoms with Gasteiger partial charge in [0.1, 0.15) is 6.61 Å².